The molecule has 3 nitrogen and oxygen atoms in total. The topological polar surface area (TPSA) is 29.9 Å². The van der Waals surface area contributed by atoms with Gasteiger partial charge in [0.05, 0.1) is 12.2 Å². The molecule has 1 aromatic carbocycles. The Hall–Kier alpha value is -1.89. The molecule has 2 heterocycles. The van der Waals surface area contributed by atoms with Gasteiger partial charge in [0.25, 0.3) is 0 Å². The summed E-state index contributed by atoms with van der Waals surface area (Å²) in [5.41, 5.74) is -0.587. The lowest BCUT2D eigenvalue weighted by Gasteiger charge is -2.18. The summed E-state index contributed by atoms with van der Waals surface area (Å²) < 4.78 is 53.9. The molecule has 0 saturated carbocycles. The van der Waals surface area contributed by atoms with Gasteiger partial charge in [-0.15, -0.1) is 0 Å². The fourth-order valence-corrected chi connectivity index (χ4v) is 2.36. The van der Waals surface area contributed by atoms with E-state index in [1.807, 2.05) is 0 Å². The summed E-state index contributed by atoms with van der Waals surface area (Å²) in [5.74, 6) is -0.134. The highest BCUT2D eigenvalue weighted by atomic mass is 19.4. The number of alkyl halides is 3. The Morgan fingerprint density at radius 3 is 2.50 bits per heavy atom. The van der Waals surface area contributed by atoms with Gasteiger partial charge in [0.1, 0.15) is 11.6 Å². The number of hydrogen-bond donors (Lipinski definition) is 1. The molecule has 1 aromatic heterocycles. The number of fused-ring (bicyclic) bond motifs is 1. The van der Waals surface area contributed by atoms with E-state index >= 15 is 0 Å². The van der Waals surface area contributed by atoms with Crippen LogP contribution in [0, 0.1) is 5.82 Å². The summed E-state index contributed by atoms with van der Waals surface area (Å²) in [6.45, 7) is 1.28. The number of halogens is 4. The Bertz CT molecular complexity index is 628. The Kier molecular flexibility index (Phi) is 3.01. The Morgan fingerprint density at radius 2 is 1.85 bits per heavy atom. The van der Waals surface area contributed by atoms with Crippen molar-refractivity contribution >= 4 is 0 Å². The third-order valence-electron chi connectivity index (χ3n) is 3.23. The maximum atomic E-state index is 13.1. The van der Waals surface area contributed by atoms with E-state index in [4.69, 9.17) is 0 Å². The zero-order chi connectivity index (χ0) is 14.3. The molecule has 0 unspecified atom stereocenters. The van der Waals surface area contributed by atoms with Gasteiger partial charge in [0.15, 0.2) is 5.69 Å². The van der Waals surface area contributed by atoms with E-state index in [0.717, 1.165) is 12.1 Å². The minimum absolute atomic E-state index is 0.00833. The highest BCUT2D eigenvalue weighted by molar-refractivity contribution is 5.64. The average molecular weight is 285 g/mol. The molecule has 0 aliphatic carbocycles. The van der Waals surface area contributed by atoms with Gasteiger partial charge in [-0.1, -0.05) is 0 Å². The summed E-state index contributed by atoms with van der Waals surface area (Å²) in [4.78, 5) is 3.70. The molecule has 20 heavy (non-hydrogen) atoms. The van der Waals surface area contributed by atoms with Crippen LogP contribution in [0.3, 0.4) is 0 Å². The van der Waals surface area contributed by atoms with Gasteiger partial charge in [-0.05, 0) is 24.3 Å². The van der Waals surface area contributed by atoms with Gasteiger partial charge in [0, 0.05) is 18.7 Å². The lowest BCUT2D eigenvalue weighted by molar-refractivity contribution is -0.140. The molecule has 1 aliphatic rings. The molecule has 0 saturated heterocycles. The van der Waals surface area contributed by atoms with Crippen molar-refractivity contribution in [1.82, 2.24) is 14.9 Å². The van der Waals surface area contributed by atoms with E-state index in [9.17, 15) is 17.6 Å². The molecule has 0 radical (unpaired) electrons. The fraction of sp³-hybridized carbons (Fsp3) is 0.308. The van der Waals surface area contributed by atoms with Gasteiger partial charge in [-0.2, -0.15) is 13.2 Å². The van der Waals surface area contributed by atoms with Crippen molar-refractivity contribution in [1.29, 1.82) is 0 Å². The van der Waals surface area contributed by atoms with Crippen LogP contribution < -0.4 is 5.32 Å². The number of nitrogens with zero attached hydrogens (tertiary/aromatic N) is 2. The molecule has 0 bridgehead atoms. The van der Waals surface area contributed by atoms with Crippen LogP contribution in [-0.2, 0) is 19.3 Å². The summed E-state index contributed by atoms with van der Waals surface area (Å²) in [7, 11) is 0. The SMILES string of the molecule is Fc1ccc(-c2c(C(F)(F)F)nc3n2CCNC3)cc1. The van der Waals surface area contributed by atoms with Crippen molar-refractivity contribution in [3.05, 3.63) is 41.6 Å². The van der Waals surface area contributed by atoms with Gasteiger partial charge < -0.3 is 9.88 Å². The molecule has 0 fully saturated rings. The Morgan fingerprint density at radius 1 is 1.15 bits per heavy atom. The van der Waals surface area contributed by atoms with E-state index in [0.29, 0.717) is 31.0 Å². The largest absolute Gasteiger partial charge is 0.435 e. The maximum Gasteiger partial charge on any atom is 0.435 e. The average Bonchev–Trinajstić information content (AvgIpc) is 2.79. The summed E-state index contributed by atoms with van der Waals surface area (Å²) in [5, 5.41) is 2.98. The standard InChI is InChI=1S/C13H11F4N3/c14-9-3-1-8(2-4-9)11-12(13(15,16)17)19-10-7-18-5-6-20(10)11/h1-4,18H,5-7H2. The Balaban J connectivity index is 2.21. The summed E-state index contributed by atoms with van der Waals surface area (Å²) in [6, 6.07) is 4.99. The van der Waals surface area contributed by atoms with Crippen molar-refractivity contribution in [2.75, 3.05) is 6.54 Å². The first-order chi connectivity index (χ1) is 9.47. The smallest absolute Gasteiger partial charge is 0.325 e. The first-order valence-electron chi connectivity index (χ1n) is 6.10. The van der Waals surface area contributed by atoms with Crippen LogP contribution in [0.4, 0.5) is 17.6 Å². The normalized spacial score (nSPS) is 15.2. The van der Waals surface area contributed by atoms with Gasteiger partial charge in [0.2, 0.25) is 0 Å². The number of hydrogen-bond acceptors (Lipinski definition) is 2. The number of imidazole rings is 1. The third-order valence-corrected chi connectivity index (χ3v) is 3.23. The predicted octanol–water partition coefficient (Wildman–Crippen LogP) is 2.81. The number of rotatable bonds is 1. The van der Waals surface area contributed by atoms with Crippen molar-refractivity contribution < 1.29 is 17.6 Å². The van der Waals surface area contributed by atoms with Crippen LogP contribution >= 0.6 is 0 Å². The van der Waals surface area contributed by atoms with E-state index in [1.165, 1.54) is 12.1 Å². The van der Waals surface area contributed by atoms with Crippen molar-refractivity contribution in [2.24, 2.45) is 0 Å². The zero-order valence-electron chi connectivity index (χ0n) is 10.3. The van der Waals surface area contributed by atoms with Crippen LogP contribution in [-0.4, -0.2) is 16.1 Å². The number of nitrogens with one attached hydrogen (secondary N) is 1. The molecule has 1 N–H and O–H groups in total. The minimum atomic E-state index is -4.53. The molecule has 0 spiro atoms. The van der Waals surface area contributed by atoms with Crippen molar-refractivity contribution in [3.63, 3.8) is 0 Å². The summed E-state index contributed by atoms with van der Waals surface area (Å²) >= 11 is 0. The van der Waals surface area contributed by atoms with E-state index in [-0.39, 0.29) is 5.69 Å². The van der Waals surface area contributed by atoms with Gasteiger partial charge in [-0.3, -0.25) is 0 Å². The molecular formula is C13H11F4N3. The second-order valence-corrected chi connectivity index (χ2v) is 4.56. The maximum absolute atomic E-state index is 13.1. The van der Waals surface area contributed by atoms with E-state index < -0.39 is 17.7 Å². The first-order valence-corrected chi connectivity index (χ1v) is 6.10. The molecule has 0 atom stereocenters. The zero-order valence-corrected chi connectivity index (χ0v) is 10.3. The Labute approximate surface area is 112 Å². The van der Waals surface area contributed by atoms with Crippen LogP contribution in [0.1, 0.15) is 11.5 Å². The van der Waals surface area contributed by atoms with Crippen molar-refractivity contribution in [3.8, 4) is 11.3 Å². The molecule has 7 heteroatoms. The monoisotopic (exact) mass is 285 g/mol. The summed E-state index contributed by atoms with van der Waals surface area (Å²) in [6.07, 6.45) is -4.53. The second-order valence-electron chi connectivity index (χ2n) is 4.56. The molecule has 106 valence electrons. The van der Waals surface area contributed by atoms with E-state index in [1.54, 1.807) is 4.57 Å². The minimum Gasteiger partial charge on any atom is -0.325 e. The molecule has 1 aliphatic heterocycles. The van der Waals surface area contributed by atoms with Crippen LogP contribution in [0.25, 0.3) is 11.3 Å². The fourth-order valence-electron chi connectivity index (χ4n) is 2.36. The predicted molar refractivity (Wildman–Crippen MR) is 64.3 cm³/mol. The van der Waals surface area contributed by atoms with E-state index in [2.05, 4.69) is 10.3 Å². The molecule has 3 rings (SSSR count). The highest BCUT2D eigenvalue weighted by Crippen LogP contribution is 2.37. The van der Waals surface area contributed by atoms with Crippen LogP contribution in [0.2, 0.25) is 0 Å². The van der Waals surface area contributed by atoms with Crippen molar-refractivity contribution in [2.45, 2.75) is 19.3 Å². The molecular weight excluding hydrogens is 274 g/mol. The number of aromatic nitrogens is 2. The third kappa shape index (κ3) is 2.18. The van der Waals surface area contributed by atoms with Gasteiger partial charge in [-0.25, -0.2) is 9.37 Å². The molecule has 0 amide bonds. The highest BCUT2D eigenvalue weighted by Gasteiger charge is 2.39. The quantitative estimate of drug-likeness (QED) is 0.817. The number of benzene rings is 1. The van der Waals surface area contributed by atoms with Gasteiger partial charge >= 0.3 is 6.18 Å². The second kappa shape index (κ2) is 4.59. The lowest BCUT2D eigenvalue weighted by atomic mass is 10.1. The molecule has 2 aromatic rings. The lowest BCUT2D eigenvalue weighted by Crippen LogP contribution is -2.28. The van der Waals surface area contributed by atoms with Crippen LogP contribution in [0.15, 0.2) is 24.3 Å². The first kappa shape index (κ1) is 13.1. The van der Waals surface area contributed by atoms with Crippen LogP contribution in [0.5, 0.6) is 0 Å².